The molecule has 0 N–H and O–H groups in total. The van der Waals surface area contributed by atoms with Gasteiger partial charge in [0.2, 0.25) is 10.0 Å². The SMILES string of the molecule is COc1ccc(S(=O)(=O)N2CC(Cn3cc(Cl)cn3)C2)cc1OC. The first kappa shape index (κ1) is 17.1. The maximum Gasteiger partial charge on any atom is 0.243 e. The Kier molecular flexibility index (Phi) is 4.71. The van der Waals surface area contributed by atoms with Crippen molar-refractivity contribution in [2.45, 2.75) is 11.4 Å². The Labute approximate surface area is 145 Å². The van der Waals surface area contributed by atoms with Crippen LogP contribution >= 0.6 is 11.6 Å². The minimum absolute atomic E-state index is 0.195. The summed E-state index contributed by atoms with van der Waals surface area (Å²) in [6.45, 7) is 1.55. The summed E-state index contributed by atoms with van der Waals surface area (Å²) in [5.41, 5.74) is 0. The second-order valence-electron chi connectivity index (χ2n) is 5.59. The van der Waals surface area contributed by atoms with E-state index in [0.29, 0.717) is 36.2 Å². The molecule has 1 aromatic heterocycles. The zero-order chi connectivity index (χ0) is 17.3. The fourth-order valence-corrected chi connectivity index (χ4v) is 4.43. The van der Waals surface area contributed by atoms with Crippen LogP contribution in [-0.2, 0) is 16.6 Å². The third-order valence-electron chi connectivity index (χ3n) is 3.96. The standard InChI is InChI=1S/C15H18ClN3O4S/c1-22-14-4-3-13(5-15(14)23-2)24(20,21)19-8-11(9-19)7-18-10-12(16)6-17-18/h3-6,10-11H,7-9H2,1-2H3. The molecule has 3 rings (SSSR count). The van der Waals surface area contributed by atoms with Crippen molar-refractivity contribution in [1.29, 1.82) is 0 Å². The van der Waals surface area contributed by atoms with E-state index >= 15 is 0 Å². The van der Waals surface area contributed by atoms with Gasteiger partial charge in [-0.25, -0.2) is 8.42 Å². The number of ether oxygens (including phenoxy) is 2. The average Bonchev–Trinajstić information content (AvgIpc) is 2.94. The Hall–Kier alpha value is -1.77. The Morgan fingerprint density at radius 2 is 1.96 bits per heavy atom. The molecule has 0 atom stereocenters. The van der Waals surface area contributed by atoms with E-state index in [1.807, 2.05) is 0 Å². The predicted octanol–water partition coefficient (Wildman–Crippen LogP) is 1.87. The molecule has 1 aromatic carbocycles. The maximum absolute atomic E-state index is 12.7. The van der Waals surface area contributed by atoms with Crippen LogP contribution in [0.2, 0.25) is 5.02 Å². The first-order chi connectivity index (χ1) is 11.4. The molecule has 7 nitrogen and oxygen atoms in total. The van der Waals surface area contributed by atoms with E-state index in [2.05, 4.69) is 5.10 Å². The molecule has 0 amide bonds. The highest BCUT2D eigenvalue weighted by molar-refractivity contribution is 7.89. The van der Waals surface area contributed by atoms with Gasteiger partial charge in [-0.05, 0) is 12.1 Å². The molecule has 0 aliphatic carbocycles. The predicted molar refractivity (Wildman–Crippen MR) is 89.0 cm³/mol. The second-order valence-corrected chi connectivity index (χ2v) is 7.96. The summed E-state index contributed by atoms with van der Waals surface area (Å²) in [6, 6.07) is 4.60. The van der Waals surface area contributed by atoms with Gasteiger partial charge in [-0.1, -0.05) is 11.6 Å². The Balaban J connectivity index is 1.69. The number of rotatable bonds is 6. The van der Waals surface area contributed by atoms with E-state index in [0.717, 1.165) is 0 Å². The summed E-state index contributed by atoms with van der Waals surface area (Å²) in [4.78, 5) is 0.195. The number of halogens is 1. The van der Waals surface area contributed by atoms with E-state index in [-0.39, 0.29) is 10.8 Å². The fraction of sp³-hybridized carbons (Fsp3) is 0.400. The van der Waals surface area contributed by atoms with Crippen molar-refractivity contribution in [1.82, 2.24) is 14.1 Å². The van der Waals surface area contributed by atoms with Crippen molar-refractivity contribution in [3.05, 3.63) is 35.6 Å². The molecule has 0 bridgehead atoms. The minimum Gasteiger partial charge on any atom is -0.493 e. The summed E-state index contributed by atoms with van der Waals surface area (Å²) in [5.74, 6) is 1.10. The van der Waals surface area contributed by atoms with E-state index in [1.54, 1.807) is 23.1 Å². The molecule has 1 aliphatic heterocycles. The van der Waals surface area contributed by atoms with E-state index in [1.165, 1.54) is 30.7 Å². The molecule has 0 unspecified atom stereocenters. The van der Waals surface area contributed by atoms with Gasteiger partial charge in [0.1, 0.15) is 0 Å². The van der Waals surface area contributed by atoms with Gasteiger partial charge < -0.3 is 9.47 Å². The van der Waals surface area contributed by atoms with Gasteiger partial charge in [0, 0.05) is 37.8 Å². The number of benzene rings is 1. The van der Waals surface area contributed by atoms with Gasteiger partial charge in [0.25, 0.3) is 0 Å². The van der Waals surface area contributed by atoms with Crippen LogP contribution in [-0.4, -0.2) is 49.8 Å². The van der Waals surface area contributed by atoms with Gasteiger partial charge in [-0.2, -0.15) is 9.40 Å². The van der Waals surface area contributed by atoms with Crippen LogP contribution in [0.25, 0.3) is 0 Å². The summed E-state index contributed by atoms with van der Waals surface area (Å²) < 4.78 is 38.8. The molecule has 2 heterocycles. The lowest BCUT2D eigenvalue weighted by Crippen LogP contribution is -2.51. The van der Waals surface area contributed by atoms with Gasteiger partial charge in [0.15, 0.2) is 11.5 Å². The van der Waals surface area contributed by atoms with Crippen LogP contribution in [0, 0.1) is 5.92 Å². The average molecular weight is 372 g/mol. The first-order valence-corrected chi connectivity index (χ1v) is 9.16. The van der Waals surface area contributed by atoms with Crippen LogP contribution in [0.4, 0.5) is 0 Å². The highest BCUT2D eigenvalue weighted by Gasteiger charge is 2.37. The topological polar surface area (TPSA) is 73.7 Å². The van der Waals surface area contributed by atoms with Crippen LogP contribution < -0.4 is 9.47 Å². The molecular weight excluding hydrogens is 354 g/mol. The Morgan fingerprint density at radius 3 is 2.54 bits per heavy atom. The Morgan fingerprint density at radius 1 is 1.25 bits per heavy atom. The number of nitrogens with zero attached hydrogens (tertiary/aromatic N) is 3. The summed E-state index contributed by atoms with van der Waals surface area (Å²) in [5, 5.41) is 4.68. The molecule has 1 fully saturated rings. The van der Waals surface area contributed by atoms with Crippen molar-refractivity contribution in [2.24, 2.45) is 5.92 Å². The number of hydrogen-bond acceptors (Lipinski definition) is 5. The monoisotopic (exact) mass is 371 g/mol. The lowest BCUT2D eigenvalue weighted by molar-refractivity contribution is 0.175. The third kappa shape index (κ3) is 3.22. The van der Waals surface area contributed by atoms with Crippen LogP contribution in [0.5, 0.6) is 11.5 Å². The van der Waals surface area contributed by atoms with Crippen molar-refractivity contribution in [2.75, 3.05) is 27.3 Å². The van der Waals surface area contributed by atoms with Crippen molar-refractivity contribution in [3.63, 3.8) is 0 Å². The highest BCUT2D eigenvalue weighted by atomic mass is 35.5. The summed E-state index contributed by atoms with van der Waals surface area (Å²) in [6.07, 6.45) is 3.30. The lowest BCUT2D eigenvalue weighted by atomic mass is 10.0. The highest BCUT2D eigenvalue weighted by Crippen LogP contribution is 2.32. The minimum atomic E-state index is -3.54. The smallest absolute Gasteiger partial charge is 0.243 e. The van der Waals surface area contributed by atoms with Gasteiger partial charge in [-0.15, -0.1) is 0 Å². The molecule has 1 aliphatic rings. The molecule has 0 saturated carbocycles. The largest absolute Gasteiger partial charge is 0.493 e. The van der Waals surface area contributed by atoms with Crippen molar-refractivity contribution >= 4 is 21.6 Å². The fourth-order valence-electron chi connectivity index (χ4n) is 2.66. The van der Waals surface area contributed by atoms with Gasteiger partial charge >= 0.3 is 0 Å². The van der Waals surface area contributed by atoms with Crippen molar-refractivity contribution < 1.29 is 17.9 Å². The second kappa shape index (κ2) is 6.62. The van der Waals surface area contributed by atoms with Gasteiger partial charge in [-0.3, -0.25) is 4.68 Å². The normalized spacial score (nSPS) is 16.0. The molecule has 130 valence electrons. The molecule has 24 heavy (non-hydrogen) atoms. The lowest BCUT2D eigenvalue weighted by Gasteiger charge is -2.38. The number of hydrogen-bond donors (Lipinski definition) is 0. The maximum atomic E-state index is 12.7. The molecular formula is C15H18ClN3O4S. The Bertz CT molecular complexity index is 831. The quantitative estimate of drug-likeness (QED) is 0.775. The van der Waals surface area contributed by atoms with Crippen LogP contribution in [0.15, 0.2) is 35.5 Å². The summed E-state index contributed by atoms with van der Waals surface area (Å²) >= 11 is 5.83. The molecule has 2 aromatic rings. The van der Waals surface area contributed by atoms with Crippen molar-refractivity contribution in [3.8, 4) is 11.5 Å². The zero-order valence-corrected chi connectivity index (χ0v) is 14.9. The van der Waals surface area contributed by atoms with E-state index in [9.17, 15) is 8.42 Å². The number of methoxy groups -OCH3 is 2. The molecule has 9 heteroatoms. The van der Waals surface area contributed by atoms with E-state index < -0.39 is 10.0 Å². The number of aromatic nitrogens is 2. The zero-order valence-electron chi connectivity index (χ0n) is 13.3. The third-order valence-corrected chi connectivity index (χ3v) is 5.99. The molecule has 0 spiro atoms. The molecule has 1 saturated heterocycles. The molecule has 0 radical (unpaired) electrons. The van der Waals surface area contributed by atoms with Crippen LogP contribution in [0.3, 0.4) is 0 Å². The summed E-state index contributed by atoms with van der Waals surface area (Å²) in [7, 11) is -0.555. The van der Waals surface area contributed by atoms with Gasteiger partial charge in [0.05, 0.1) is 30.3 Å². The first-order valence-electron chi connectivity index (χ1n) is 7.34. The number of sulfonamides is 1. The van der Waals surface area contributed by atoms with Crippen LogP contribution in [0.1, 0.15) is 0 Å². The van der Waals surface area contributed by atoms with E-state index in [4.69, 9.17) is 21.1 Å².